The van der Waals surface area contributed by atoms with Gasteiger partial charge in [0.05, 0.1) is 20.5 Å². The van der Waals surface area contributed by atoms with Gasteiger partial charge in [-0.15, -0.1) is 6.58 Å². The van der Waals surface area contributed by atoms with E-state index in [2.05, 4.69) is 16.6 Å². The van der Waals surface area contributed by atoms with Gasteiger partial charge in [-0.25, -0.2) is 9.98 Å². The molecule has 0 saturated carbocycles. The SMILES string of the molecule is C=CCN1C(=O)/C(=C\c2ccc(-c3c(Cl)cccc3Cl)o2)SC1=Nc1cccnc1Cl. The molecule has 0 bridgehead atoms. The summed E-state index contributed by atoms with van der Waals surface area (Å²) in [6.07, 6.45) is 4.86. The monoisotopic (exact) mass is 489 g/mol. The first kappa shape index (κ1) is 21.7. The number of thioether (sulfide) groups is 1. The van der Waals surface area contributed by atoms with Crippen LogP contribution in [-0.2, 0) is 4.79 Å². The number of rotatable bonds is 5. The molecule has 1 aliphatic rings. The first-order valence-corrected chi connectivity index (χ1v) is 11.0. The maximum atomic E-state index is 12.9. The highest BCUT2D eigenvalue weighted by Gasteiger charge is 2.33. The minimum absolute atomic E-state index is 0.211. The fourth-order valence-corrected chi connectivity index (χ4v) is 4.60. The van der Waals surface area contributed by atoms with Gasteiger partial charge >= 0.3 is 0 Å². The van der Waals surface area contributed by atoms with Crippen LogP contribution >= 0.6 is 46.6 Å². The minimum Gasteiger partial charge on any atom is -0.457 e. The summed E-state index contributed by atoms with van der Waals surface area (Å²) in [6.45, 7) is 4.02. The van der Waals surface area contributed by atoms with E-state index in [-0.39, 0.29) is 11.1 Å². The van der Waals surface area contributed by atoms with Gasteiger partial charge in [-0.05, 0) is 48.2 Å². The molecule has 2 aromatic heterocycles. The van der Waals surface area contributed by atoms with Crippen molar-refractivity contribution in [3.05, 3.63) is 87.2 Å². The Morgan fingerprint density at radius 2 is 1.90 bits per heavy atom. The molecule has 3 heterocycles. The van der Waals surface area contributed by atoms with Crippen molar-refractivity contribution in [1.29, 1.82) is 0 Å². The molecule has 0 atom stereocenters. The second-order valence-electron chi connectivity index (χ2n) is 6.32. The number of hydrogen-bond acceptors (Lipinski definition) is 5. The Morgan fingerprint density at radius 1 is 1.13 bits per heavy atom. The van der Waals surface area contributed by atoms with Gasteiger partial charge in [0.25, 0.3) is 5.91 Å². The van der Waals surface area contributed by atoms with Gasteiger partial charge in [0.1, 0.15) is 17.2 Å². The van der Waals surface area contributed by atoms with Gasteiger partial charge in [-0.3, -0.25) is 9.69 Å². The summed E-state index contributed by atoms with van der Waals surface area (Å²) in [5.74, 6) is 0.787. The van der Waals surface area contributed by atoms with Crippen LogP contribution in [0.25, 0.3) is 17.4 Å². The number of nitrogens with zero attached hydrogens (tertiary/aromatic N) is 3. The zero-order chi connectivity index (χ0) is 22.0. The Labute approximate surface area is 198 Å². The number of pyridine rings is 1. The number of amides is 1. The largest absolute Gasteiger partial charge is 0.457 e. The lowest BCUT2D eigenvalue weighted by atomic mass is 10.2. The fraction of sp³-hybridized carbons (Fsp3) is 0.0455. The third-order valence-corrected chi connectivity index (χ3v) is 6.19. The number of hydrogen-bond donors (Lipinski definition) is 0. The first-order valence-electron chi connectivity index (χ1n) is 9.03. The van der Waals surface area contributed by atoms with Crippen molar-refractivity contribution in [2.45, 2.75) is 0 Å². The average Bonchev–Trinajstić information content (AvgIpc) is 3.30. The number of benzene rings is 1. The third-order valence-electron chi connectivity index (χ3n) is 4.26. The molecule has 0 unspecified atom stereocenters. The standard InChI is InChI=1S/C22H14Cl3N3O2S/c1-2-11-28-21(29)18(31-22(28)27-16-7-4-10-26-20(16)25)12-13-8-9-17(30-13)19-14(23)5-3-6-15(19)24/h2-10,12H,1,11H2/b18-12+,27-22?. The summed E-state index contributed by atoms with van der Waals surface area (Å²) in [5.41, 5.74) is 1.08. The van der Waals surface area contributed by atoms with E-state index in [0.29, 0.717) is 49.4 Å². The highest BCUT2D eigenvalue weighted by molar-refractivity contribution is 8.18. The minimum atomic E-state index is -0.211. The average molecular weight is 491 g/mol. The summed E-state index contributed by atoms with van der Waals surface area (Å²) in [7, 11) is 0. The molecule has 1 aromatic carbocycles. The molecule has 0 aliphatic carbocycles. The molecule has 1 aliphatic heterocycles. The number of carbonyl (C=O) groups is 1. The number of furan rings is 1. The van der Waals surface area contributed by atoms with Crippen molar-refractivity contribution >= 4 is 69.4 Å². The zero-order valence-electron chi connectivity index (χ0n) is 15.9. The Kier molecular flexibility index (Phi) is 6.53. The summed E-state index contributed by atoms with van der Waals surface area (Å²) in [4.78, 5) is 23.4. The second-order valence-corrected chi connectivity index (χ2v) is 8.50. The fourth-order valence-electron chi connectivity index (χ4n) is 2.87. The Hall–Kier alpha value is -2.51. The zero-order valence-corrected chi connectivity index (χ0v) is 19.0. The van der Waals surface area contributed by atoms with Crippen LogP contribution in [0.4, 0.5) is 5.69 Å². The highest BCUT2D eigenvalue weighted by atomic mass is 35.5. The van der Waals surface area contributed by atoms with Crippen LogP contribution in [0.1, 0.15) is 5.76 Å². The van der Waals surface area contributed by atoms with Crippen molar-refractivity contribution < 1.29 is 9.21 Å². The molecule has 9 heteroatoms. The molecule has 0 spiro atoms. The van der Waals surface area contributed by atoms with Crippen molar-refractivity contribution in [2.24, 2.45) is 4.99 Å². The molecule has 1 amide bonds. The third kappa shape index (κ3) is 4.57. The van der Waals surface area contributed by atoms with Crippen LogP contribution in [-0.4, -0.2) is 27.5 Å². The predicted molar refractivity (Wildman–Crippen MR) is 128 cm³/mol. The summed E-state index contributed by atoms with van der Waals surface area (Å²) in [5, 5.41) is 1.69. The summed E-state index contributed by atoms with van der Waals surface area (Å²) in [6, 6.07) is 12.2. The summed E-state index contributed by atoms with van der Waals surface area (Å²) >= 11 is 19.9. The van der Waals surface area contributed by atoms with Gasteiger partial charge in [-0.2, -0.15) is 0 Å². The molecular weight excluding hydrogens is 477 g/mol. The molecule has 1 fully saturated rings. The van der Waals surface area contributed by atoms with E-state index in [0.717, 1.165) is 0 Å². The molecule has 0 radical (unpaired) electrons. The van der Waals surface area contributed by atoms with Crippen molar-refractivity contribution in [2.75, 3.05) is 6.54 Å². The van der Waals surface area contributed by atoms with Gasteiger partial charge < -0.3 is 4.42 Å². The molecular formula is C22H14Cl3N3O2S. The van der Waals surface area contributed by atoms with Crippen LogP contribution in [0.3, 0.4) is 0 Å². The number of halogens is 3. The lowest BCUT2D eigenvalue weighted by Gasteiger charge is -2.12. The molecule has 156 valence electrons. The van der Waals surface area contributed by atoms with Gasteiger partial charge in [0, 0.05) is 18.8 Å². The van der Waals surface area contributed by atoms with Crippen molar-refractivity contribution in [3.8, 4) is 11.3 Å². The van der Waals surface area contributed by atoms with Crippen molar-refractivity contribution in [3.63, 3.8) is 0 Å². The lowest BCUT2D eigenvalue weighted by molar-refractivity contribution is -0.121. The number of aliphatic imine (C=N–C) groups is 1. The van der Waals surface area contributed by atoms with E-state index in [1.807, 2.05) is 0 Å². The topological polar surface area (TPSA) is 58.7 Å². The van der Waals surface area contributed by atoms with Crippen molar-refractivity contribution in [1.82, 2.24) is 9.88 Å². The number of amidine groups is 1. The van der Waals surface area contributed by atoms with Crippen LogP contribution in [0, 0.1) is 0 Å². The van der Waals surface area contributed by atoms with E-state index in [1.54, 1.807) is 60.8 Å². The molecule has 5 nitrogen and oxygen atoms in total. The van der Waals surface area contributed by atoms with Crippen LogP contribution in [0.15, 0.2) is 75.6 Å². The van der Waals surface area contributed by atoms with E-state index in [1.165, 1.54) is 16.7 Å². The van der Waals surface area contributed by atoms with Gasteiger partial charge in [0.2, 0.25) is 0 Å². The van der Waals surface area contributed by atoms with E-state index in [9.17, 15) is 4.79 Å². The Morgan fingerprint density at radius 3 is 2.61 bits per heavy atom. The van der Waals surface area contributed by atoms with E-state index in [4.69, 9.17) is 39.2 Å². The van der Waals surface area contributed by atoms with Gasteiger partial charge in [0.15, 0.2) is 10.3 Å². The van der Waals surface area contributed by atoms with Gasteiger partial charge in [-0.1, -0.05) is 46.9 Å². The Bertz CT molecular complexity index is 1220. The van der Waals surface area contributed by atoms with Crippen LogP contribution < -0.4 is 0 Å². The van der Waals surface area contributed by atoms with Crippen LogP contribution in [0.5, 0.6) is 0 Å². The smallest absolute Gasteiger partial charge is 0.267 e. The molecule has 31 heavy (non-hydrogen) atoms. The second kappa shape index (κ2) is 9.32. The van der Waals surface area contributed by atoms with E-state index >= 15 is 0 Å². The molecule has 4 rings (SSSR count). The first-order chi connectivity index (χ1) is 15.0. The van der Waals surface area contributed by atoms with Crippen LogP contribution in [0.2, 0.25) is 15.2 Å². The normalized spacial score (nSPS) is 16.5. The summed E-state index contributed by atoms with van der Waals surface area (Å²) < 4.78 is 5.89. The molecule has 0 N–H and O–H groups in total. The number of aromatic nitrogens is 1. The highest BCUT2D eigenvalue weighted by Crippen LogP contribution is 2.38. The van der Waals surface area contributed by atoms with E-state index < -0.39 is 0 Å². The maximum absolute atomic E-state index is 12.9. The molecule has 1 saturated heterocycles. The quantitative estimate of drug-likeness (QED) is 0.217. The lowest BCUT2D eigenvalue weighted by Crippen LogP contribution is -2.29. The maximum Gasteiger partial charge on any atom is 0.267 e. The Balaban J connectivity index is 1.67. The number of carbonyl (C=O) groups excluding carboxylic acids is 1. The predicted octanol–water partition coefficient (Wildman–Crippen LogP) is 7.09. The molecule has 3 aromatic rings.